The summed E-state index contributed by atoms with van der Waals surface area (Å²) in [6.07, 6.45) is 0. The Balaban J connectivity index is 1.87. The maximum Gasteiger partial charge on any atom is 0.357 e. The van der Waals surface area contributed by atoms with E-state index in [1.165, 1.54) is 42.5 Å². The van der Waals surface area contributed by atoms with Crippen LogP contribution in [-0.2, 0) is 29.5 Å². The van der Waals surface area contributed by atoms with E-state index in [4.69, 9.17) is 21.1 Å². The lowest BCUT2D eigenvalue weighted by atomic mass is 9.87. The van der Waals surface area contributed by atoms with Crippen LogP contribution in [-0.4, -0.2) is 29.9 Å². The van der Waals surface area contributed by atoms with Crippen LogP contribution in [0, 0.1) is 10.1 Å². The van der Waals surface area contributed by atoms with Crippen LogP contribution >= 0.6 is 11.6 Å². The predicted octanol–water partition coefficient (Wildman–Crippen LogP) is 2.49. The summed E-state index contributed by atoms with van der Waals surface area (Å²) in [5, 5.41) is 16.4. The van der Waals surface area contributed by atoms with Crippen LogP contribution in [0.15, 0.2) is 53.7 Å². The Morgan fingerprint density at radius 2 is 1.93 bits per heavy atom. The molecule has 0 fully saturated rings. The van der Waals surface area contributed by atoms with Crippen LogP contribution < -0.4 is 10.6 Å². The highest BCUT2D eigenvalue weighted by atomic mass is 35.5. The Labute approximate surface area is 173 Å². The van der Waals surface area contributed by atoms with Crippen molar-refractivity contribution in [1.82, 2.24) is 0 Å². The first-order chi connectivity index (χ1) is 14.3. The number of halogens is 1. The van der Waals surface area contributed by atoms with E-state index in [0.29, 0.717) is 5.69 Å². The number of hydrogen-bond donors (Lipinski definition) is 2. The molecule has 1 atom stereocenters. The number of methoxy groups -OCH3 is 1. The number of rotatable bonds is 4. The number of benzene rings is 2. The monoisotopic (exact) mass is 429 g/mol. The van der Waals surface area contributed by atoms with Gasteiger partial charge in [-0.1, -0.05) is 11.6 Å². The van der Waals surface area contributed by atoms with Crippen LogP contribution in [0.5, 0.6) is 0 Å². The highest BCUT2D eigenvalue weighted by molar-refractivity contribution is 6.31. The van der Waals surface area contributed by atoms with E-state index in [0.717, 1.165) is 7.11 Å². The van der Waals surface area contributed by atoms with Gasteiger partial charge in [-0.15, -0.1) is 0 Å². The second-order valence-corrected chi connectivity index (χ2v) is 6.82. The summed E-state index contributed by atoms with van der Waals surface area (Å²) in [6.45, 7) is 0. The molecule has 10 nitrogen and oxygen atoms in total. The molecular weight excluding hydrogens is 418 g/mol. The number of esters is 2. The van der Waals surface area contributed by atoms with Gasteiger partial charge in [0.15, 0.2) is 0 Å². The van der Waals surface area contributed by atoms with E-state index in [-0.39, 0.29) is 33.2 Å². The zero-order valence-corrected chi connectivity index (χ0v) is 16.0. The number of anilines is 2. The molecule has 2 aliphatic rings. The SMILES string of the molecule is COC(=O)C1=C(Nc2ccc([N+](=O)[O-])cc2)C(=O)OC12C(=O)Nc1ccc(Cl)cc12. The Hall–Kier alpha value is -3.92. The number of nitro groups is 1. The minimum atomic E-state index is -2.08. The molecule has 0 bridgehead atoms. The van der Waals surface area contributed by atoms with Crippen molar-refractivity contribution in [2.24, 2.45) is 0 Å². The van der Waals surface area contributed by atoms with Crippen LogP contribution in [0.1, 0.15) is 5.56 Å². The molecular formula is C19H12ClN3O7. The lowest BCUT2D eigenvalue weighted by Gasteiger charge is -2.22. The molecule has 30 heavy (non-hydrogen) atoms. The number of carbonyl (C=O) groups excluding carboxylic acids is 3. The average Bonchev–Trinajstić information content (AvgIpc) is 3.16. The molecule has 0 radical (unpaired) electrons. The second kappa shape index (κ2) is 6.85. The molecule has 0 saturated heterocycles. The standard InChI is InChI=1S/C19H12ClN3O7/c1-29-16(24)14-15(21-10-3-5-11(6-4-10)23(27)28)17(25)30-19(14)12-8-9(20)2-7-13(12)22-18(19)26/h2-8,21H,1H3,(H,22,26). The van der Waals surface area contributed by atoms with Gasteiger partial charge in [-0.25, -0.2) is 9.59 Å². The van der Waals surface area contributed by atoms with E-state index in [1.807, 2.05) is 0 Å². The van der Waals surface area contributed by atoms with Gasteiger partial charge in [-0.2, -0.15) is 0 Å². The third-order valence-electron chi connectivity index (χ3n) is 4.72. The number of hydrogen-bond acceptors (Lipinski definition) is 8. The fourth-order valence-electron chi connectivity index (χ4n) is 3.39. The third kappa shape index (κ3) is 2.77. The van der Waals surface area contributed by atoms with E-state index >= 15 is 0 Å². The van der Waals surface area contributed by atoms with E-state index in [2.05, 4.69) is 10.6 Å². The zero-order chi connectivity index (χ0) is 21.6. The largest absolute Gasteiger partial charge is 0.465 e. The normalized spacial score (nSPS) is 19.4. The van der Waals surface area contributed by atoms with Gasteiger partial charge >= 0.3 is 11.9 Å². The summed E-state index contributed by atoms with van der Waals surface area (Å²) < 4.78 is 10.2. The molecule has 11 heteroatoms. The Morgan fingerprint density at radius 1 is 1.23 bits per heavy atom. The fraction of sp³-hybridized carbons (Fsp3) is 0.105. The van der Waals surface area contributed by atoms with Crippen molar-refractivity contribution >= 4 is 46.5 Å². The maximum atomic E-state index is 12.9. The first-order valence-corrected chi connectivity index (χ1v) is 8.85. The van der Waals surface area contributed by atoms with E-state index < -0.39 is 28.4 Å². The fourth-order valence-corrected chi connectivity index (χ4v) is 3.56. The van der Waals surface area contributed by atoms with Crippen molar-refractivity contribution < 1.29 is 28.8 Å². The quantitative estimate of drug-likeness (QED) is 0.429. The Kier molecular flexibility index (Phi) is 4.43. The van der Waals surface area contributed by atoms with Crippen molar-refractivity contribution in [2.45, 2.75) is 5.60 Å². The predicted molar refractivity (Wildman–Crippen MR) is 104 cm³/mol. The Morgan fingerprint density at radius 3 is 2.57 bits per heavy atom. The topological polar surface area (TPSA) is 137 Å². The molecule has 0 aliphatic carbocycles. The van der Waals surface area contributed by atoms with Gasteiger partial charge in [0.1, 0.15) is 11.3 Å². The van der Waals surface area contributed by atoms with Crippen molar-refractivity contribution in [2.75, 3.05) is 17.7 Å². The summed E-state index contributed by atoms with van der Waals surface area (Å²) in [7, 11) is 1.10. The number of fused-ring (bicyclic) bond motifs is 2. The number of nitro benzene ring substituents is 1. The number of nitrogens with zero attached hydrogens (tertiary/aromatic N) is 1. The first-order valence-electron chi connectivity index (χ1n) is 8.47. The zero-order valence-electron chi connectivity index (χ0n) is 15.2. The summed E-state index contributed by atoms with van der Waals surface area (Å²) in [5.41, 5.74) is -2.13. The smallest absolute Gasteiger partial charge is 0.357 e. The molecule has 2 aliphatic heterocycles. The minimum absolute atomic E-state index is 0.160. The molecule has 1 unspecified atom stereocenters. The highest BCUT2D eigenvalue weighted by Crippen LogP contribution is 2.50. The Bertz CT molecular complexity index is 1160. The van der Waals surface area contributed by atoms with Gasteiger partial charge in [-0.3, -0.25) is 14.9 Å². The van der Waals surface area contributed by atoms with E-state index in [1.54, 1.807) is 0 Å². The van der Waals surface area contributed by atoms with Gasteiger partial charge in [0.25, 0.3) is 17.2 Å². The molecule has 2 aromatic carbocycles. The van der Waals surface area contributed by atoms with Crippen LogP contribution in [0.3, 0.4) is 0 Å². The number of amides is 1. The average molecular weight is 430 g/mol. The van der Waals surface area contributed by atoms with Crippen LogP contribution in [0.4, 0.5) is 17.1 Å². The van der Waals surface area contributed by atoms with Gasteiger partial charge < -0.3 is 20.1 Å². The molecule has 0 saturated carbocycles. The summed E-state index contributed by atoms with van der Waals surface area (Å²) in [6, 6.07) is 9.60. The molecule has 0 aromatic heterocycles. The van der Waals surface area contributed by atoms with Crippen LogP contribution in [0.25, 0.3) is 0 Å². The molecule has 2 heterocycles. The molecule has 152 valence electrons. The summed E-state index contributed by atoms with van der Waals surface area (Å²) >= 11 is 6.05. The van der Waals surface area contributed by atoms with Crippen molar-refractivity contribution in [3.63, 3.8) is 0 Å². The molecule has 2 aromatic rings. The van der Waals surface area contributed by atoms with Gasteiger partial charge in [-0.05, 0) is 30.3 Å². The van der Waals surface area contributed by atoms with Gasteiger partial charge in [0, 0.05) is 34.1 Å². The number of non-ortho nitro benzene ring substituents is 1. The molecule has 2 N–H and O–H groups in total. The lowest BCUT2D eigenvalue weighted by Crippen LogP contribution is -2.39. The number of carbonyl (C=O) groups is 3. The molecule has 4 rings (SSSR count). The number of ether oxygens (including phenoxy) is 2. The van der Waals surface area contributed by atoms with Crippen molar-refractivity contribution in [3.05, 3.63) is 74.4 Å². The first kappa shape index (κ1) is 19.4. The van der Waals surface area contributed by atoms with Crippen molar-refractivity contribution in [3.8, 4) is 0 Å². The van der Waals surface area contributed by atoms with E-state index in [9.17, 15) is 24.5 Å². The summed E-state index contributed by atoms with van der Waals surface area (Å²) in [5.74, 6) is -2.70. The second-order valence-electron chi connectivity index (χ2n) is 6.39. The minimum Gasteiger partial charge on any atom is -0.465 e. The summed E-state index contributed by atoms with van der Waals surface area (Å²) in [4.78, 5) is 48.5. The lowest BCUT2D eigenvalue weighted by molar-refractivity contribution is -0.384. The molecule has 1 amide bonds. The third-order valence-corrected chi connectivity index (χ3v) is 4.95. The highest BCUT2D eigenvalue weighted by Gasteiger charge is 2.62. The van der Waals surface area contributed by atoms with Crippen LogP contribution in [0.2, 0.25) is 5.02 Å². The van der Waals surface area contributed by atoms with Crippen molar-refractivity contribution in [1.29, 1.82) is 0 Å². The van der Waals surface area contributed by atoms with Gasteiger partial charge in [0.2, 0.25) is 0 Å². The van der Waals surface area contributed by atoms with Gasteiger partial charge in [0.05, 0.1) is 12.0 Å². The maximum absolute atomic E-state index is 12.9. The number of nitrogens with one attached hydrogen (secondary N) is 2. The molecule has 1 spiro atoms.